The molecule has 0 saturated heterocycles. The average Bonchev–Trinajstić information content (AvgIpc) is 2.73. The smallest absolute Gasteiger partial charge is 0.0783 e. The summed E-state index contributed by atoms with van der Waals surface area (Å²) in [6, 6.07) is 0.330. The molecule has 78 valence electrons. The molecule has 0 aromatic carbocycles. The number of allylic oxidation sites excluding steroid dienone is 4. The van der Waals surface area contributed by atoms with Crippen molar-refractivity contribution in [3.63, 3.8) is 0 Å². The largest absolute Gasteiger partial charge is 0.369 e. The standard InChI is InChI=1S/C14H17N/c1-14(2,3)11-8-9-13(10-11)15-12-6-4-5-7-12/h4-9,12,15H,1-3H3. The summed E-state index contributed by atoms with van der Waals surface area (Å²) in [7, 11) is 0. The van der Waals surface area contributed by atoms with E-state index in [1.165, 1.54) is 5.57 Å². The minimum Gasteiger partial charge on any atom is -0.369 e. The average molecular weight is 199 g/mol. The molecule has 0 bridgehead atoms. The van der Waals surface area contributed by atoms with Crippen molar-refractivity contribution < 1.29 is 0 Å². The highest BCUT2D eigenvalue weighted by atomic mass is 14.9. The van der Waals surface area contributed by atoms with Crippen LogP contribution in [-0.2, 0) is 0 Å². The fourth-order valence-corrected chi connectivity index (χ4v) is 1.62. The van der Waals surface area contributed by atoms with Gasteiger partial charge in [0.2, 0.25) is 0 Å². The Bertz CT molecular complexity index is 395. The van der Waals surface area contributed by atoms with E-state index in [1.54, 1.807) is 0 Å². The Labute approximate surface area is 91.6 Å². The third kappa shape index (κ3) is 2.31. The van der Waals surface area contributed by atoms with Crippen molar-refractivity contribution in [2.24, 2.45) is 5.41 Å². The molecule has 15 heavy (non-hydrogen) atoms. The monoisotopic (exact) mass is 199 g/mol. The Balaban J connectivity index is 2.12. The van der Waals surface area contributed by atoms with E-state index in [0.29, 0.717) is 6.04 Å². The minimum absolute atomic E-state index is 0.182. The van der Waals surface area contributed by atoms with Crippen LogP contribution in [0.15, 0.2) is 53.5 Å². The van der Waals surface area contributed by atoms with Gasteiger partial charge < -0.3 is 5.32 Å². The van der Waals surface area contributed by atoms with Crippen LogP contribution in [0.1, 0.15) is 20.8 Å². The summed E-state index contributed by atoms with van der Waals surface area (Å²) in [5, 5.41) is 3.40. The van der Waals surface area contributed by atoms with Crippen LogP contribution in [-0.4, -0.2) is 6.04 Å². The zero-order valence-electron chi connectivity index (χ0n) is 9.54. The molecule has 0 radical (unpaired) electrons. The van der Waals surface area contributed by atoms with Gasteiger partial charge in [0.25, 0.3) is 0 Å². The molecule has 1 nitrogen and oxygen atoms in total. The van der Waals surface area contributed by atoms with Crippen molar-refractivity contribution in [3.8, 4) is 0 Å². The molecule has 2 rings (SSSR count). The van der Waals surface area contributed by atoms with Crippen LogP contribution in [0.5, 0.6) is 0 Å². The third-order valence-electron chi connectivity index (χ3n) is 2.56. The van der Waals surface area contributed by atoms with Crippen LogP contribution in [0.2, 0.25) is 0 Å². The van der Waals surface area contributed by atoms with Gasteiger partial charge in [0.05, 0.1) is 11.7 Å². The van der Waals surface area contributed by atoms with Gasteiger partial charge in [-0.3, -0.25) is 0 Å². The maximum Gasteiger partial charge on any atom is 0.0783 e. The van der Waals surface area contributed by atoms with Gasteiger partial charge in [-0.15, -0.1) is 0 Å². The lowest BCUT2D eigenvalue weighted by atomic mass is 9.88. The fraction of sp³-hybridized carbons (Fsp3) is 0.357. The van der Waals surface area contributed by atoms with E-state index in [4.69, 9.17) is 0 Å². The van der Waals surface area contributed by atoms with Crippen molar-refractivity contribution in [3.05, 3.63) is 53.5 Å². The molecular formula is C14H17N. The lowest BCUT2D eigenvalue weighted by Crippen LogP contribution is -2.21. The van der Waals surface area contributed by atoms with Gasteiger partial charge in [0.1, 0.15) is 0 Å². The second-order valence-electron chi connectivity index (χ2n) is 4.98. The normalized spacial score (nSPS) is 19.7. The molecule has 0 atom stereocenters. The lowest BCUT2D eigenvalue weighted by molar-refractivity contribution is 0.519. The Morgan fingerprint density at radius 1 is 1.13 bits per heavy atom. The van der Waals surface area contributed by atoms with E-state index >= 15 is 0 Å². The topological polar surface area (TPSA) is 12.0 Å². The van der Waals surface area contributed by atoms with Crippen LogP contribution >= 0.6 is 0 Å². The molecule has 2 aliphatic rings. The predicted octanol–water partition coefficient (Wildman–Crippen LogP) is 3.10. The molecule has 0 spiro atoms. The van der Waals surface area contributed by atoms with E-state index in [2.05, 4.69) is 68.3 Å². The highest BCUT2D eigenvalue weighted by Crippen LogP contribution is 2.28. The minimum atomic E-state index is 0.182. The second-order valence-corrected chi connectivity index (χ2v) is 4.98. The number of nitrogens with one attached hydrogen (secondary N) is 1. The molecule has 2 aliphatic carbocycles. The zero-order chi connectivity index (χ0) is 10.9. The highest BCUT2D eigenvalue weighted by Gasteiger charge is 2.17. The third-order valence-corrected chi connectivity index (χ3v) is 2.56. The summed E-state index contributed by atoms with van der Waals surface area (Å²) in [4.78, 5) is 0. The second kappa shape index (κ2) is 3.60. The van der Waals surface area contributed by atoms with Crippen LogP contribution in [0.3, 0.4) is 0 Å². The zero-order valence-corrected chi connectivity index (χ0v) is 9.54. The summed E-state index contributed by atoms with van der Waals surface area (Å²) >= 11 is 0. The van der Waals surface area contributed by atoms with Crippen LogP contribution < -0.4 is 5.32 Å². The van der Waals surface area contributed by atoms with Crippen LogP contribution in [0.25, 0.3) is 0 Å². The molecule has 1 heteroatoms. The maximum absolute atomic E-state index is 3.40. The Morgan fingerprint density at radius 2 is 1.80 bits per heavy atom. The number of rotatable bonds is 2. The van der Waals surface area contributed by atoms with Gasteiger partial charge >= 0.3 is 0 Å². The molecular weight excluding hydrogens is 182 g/mol. The van der Waals surface area contributed by atoms with Gasteiger partial charge in [-0.25, -0.2) is 0 Å². The number of hydrogen-bond acceptors (Lipinski definition) is 1. The summed E-state index contributed by atoms with van der Waals surface area (Å²) < 4.78 is 0. The van der Waals surface area contributed by atoms with Crippen molar-refractivity contribution in [2.45, 2.75) is 26.8 Å². The molecule has 0 saturated carbocycles. The first-order valence-electron chi connectivity index (χ1n) is 5.37. The van der Waals surface area contributed by atoms with E-state index in [9.17, 15) is 0 Å². The SMILES string of the molecule is CC(C)(C)C1=C=C(NC2C=CC=C2)C=C1. The van der Waals surface area contributed by atoms with Gasteiger partial charge in [-0.05, 0) is 17.6 Å². The first kappa shape index (κ1) is 10.1. The molecule has 0 heterocycles. The van der Waals surface area contributed by atoms with Crippen molar-refractivity contribution in [2.75, 3.05) is 0 Å². The molecule has 0 aromatic heterocycles. The molecule has 0 unspecified atom stereocenters. The van der Waals surface area contributed by atoms with Crippen molar-refractivity contribution >= 4 is 0 Å². The Morgan fingerprint density at radius 3 is 2.33 bits per heavy atom. The summed E-state index contributed by atoms with van der Waals surface area (Å²) in [5.74, 6) is 0. The van der Waals surface area contributed by atoms with E-state index in [-0.39, 0.29) is 5.41 Å². The molecule has 0 amide bonds. The summed E-state index contributed by atoms with van der Waals surface area (Å²) in [5.41, 5.74) is 5.93. The first-order valence-corrected chi connectivity index (χ1v) is 5.37. The quantitative estimate of drug-likeness (QED) is 0.674. The Hall–Kier alpha value is -1.46. The van der Waals surface area contributed by atoms with Gasteiger partial charge in [-0.2, -0.15) is 0 Å². The molecule has 0 aliphatic heterocycles. The van der Waals surface area contributed by atoms with E-state index < -0.39 is 0 Å². The predicted molar refractivity (Wildman–Crippen MR) is 64.3 cm³/mol. The van der Waals surface area contributed by atoms with Crippen LogP contribution in [0, 0.1) is 5.41 Å². The summed E-state index contributed by atoms with van der Waals surface area (Å²) in [6.45, 7) is 6.62. The molecule has 0 fully saturated rings. The van der Waals surface area contributed by atoms with Gasteiger partial charge in [0.15, 0.2) is 0 Å². The van der Waals surface area contributed by atoms with Gasteiger partial charge in [-0.1, -0.05) is 50.8 Å². The lowest BCUT2D eigenvalue weighted by Gasteiger charge is -2.16. The van der Waals surface area contributed by atoms with Crippen molar-refractivity contribution in [1.82, 2.24) is 5.32 Å². The molecule has 1 N–H and O–H groups in total. The summed E-state index contributed by atoms with van der Waals surface area (Å²) in [6.07, 6.45) is 12.6. The Kier molecular flexibility index (Phi) is 2.42. The molecule has 0 aromatic rings. The fourth-order valence-electron chi connectivity index (χ4n) is 1.62. The number of hydrogen-bond donors (Lipinski definition) is 1. The van der Waals surface area contributed by atoms with Gasteiger partial charge in [0, 0.05) is 5.57 Å². The van der Waals surface area contributed by atoms with Crippen molar-refractivity contribution in [1.29, 1.82) is 0 Å². The first-order chi connectivity index (χ1) is 7.05. The van der Waals surface area contributed by atoms with E-state index in [1.807, 2.05) is 0 Å². The highest BCUT2D eigenvalue weighted by molar-refractivity contribution is 5.39. The maximum atomic E-state index is 3.40. The van der Waals surface area contributed by atoms with E-state index in [0.717, 1.165) is 5.70 Å². The van der Waals surface area contributed by atoms with Crippen LogP contribution in [0.4, 0.5) is 0 Å².